The number of carbonyl (C=O) groups is 1. The fourth-order valence-electron chi connectivity index (χ4n) is 2.11. The first-order valence-corrected chi connectivity index (χ1v) is 9.12. The Morgan fingerprint density at radius 1 is 1.24 bits per heavy atom. The van der Waals surface area contributed by atoms with Gasteiger partial charge in [-0.2, -0.15) is 9.57 Å². The van der Waals surface area contributed by atoms with Crippen LogP contribution < -0.4 is 5.32 Å². The maximum atomic E-state index is 13.0. The smallest absolute Gasteiger partial charge is 0.239 e. The molecule has 2 aromatic rings. The monoisotopic (exact) mass is 361 g/mol. The van der Waals surface area contributed by atoms with Gasteiger partial charge in [0.05, 0.1) is 24.4 Å². The van der Waals surface area contributed by atoms with Crippen molar-refractivity contribution in [1.82, 2.24) is 4.31 Å². The molecule has 2 aromatic carbocycles. The summed E-state index contributed by atoms with van der Waals surface area (Å²) in [5, 5.41) is 11.4. The molecule has 130 valence electrons. The number of rotatable bonds is 6. The van der Waals surface area contributed by atoms with Crippen LogP contribution in [0.1, 0.15) is 11.1 Å². The van der Waals surface area contributed by atoms with Gasteiger partial charge in [-0.1, -0.05) is 18.2 Å². The molecule has 0 heterocycles. The molecule has 2 rings (SSSR count). The number of nitriles is 1. The fraction of sp³-hybridized carbons (Fsp3) is 0.176. The van der Waals surface area contributed by atoms with Crippen molar-refractivity contribution in [2.75, 3.05) is 18.1 Å². The lowest BCUT2D eigenvalue weighted by Gasteiger charge is -2.19. The van der Waals surface area contributed by atoms with E-state index in [9.17, 15) is 17.6 Å². The van der Waals surface area contributed by atoms with Crippen molar-refractivity contribution < 1.29 is 17.6 Å². The highest BCUT2D eigenvalue weighted by Crippen LogP contribution is 2.12. The molecule has 0 aliphatic rings. The van der Waals surface area contributed by atoms with E-state index in [2.05, 4.69) is 5.32 Å². The standard InChI is InChI=1S/C17H16FN3O3S/c1-25(23,24)21(11-13-5-7-15(18)8-6-13)12-17(22)20-16-4-2-3-14(9-16)10-19/h2-9H,11-12H2,1H3,(H,20,22). The third-order valence-electron chi connectivity index (χ3n) is 3.34. The normalized spacial score (nSPS) is 11.1. The van der Waals surface area contributed by atoms with Crippen molar-refractivity contribution in [2.24, 2.45) is 0 Å². The zero-order chi connectivity index (χ0) is 18.4. The van der Waals surface area contributed by atoms with E-state index in [1.807, 2.05) is 6.07 Å². The molecular weight excluding hydrogens is 345 g/mol. The van der Waals surface area contributed by atoms with Gasteiger partial charge in [0.25, 0.3) is 0 Å². The van der Waals surface area contributed by atoms with Crippen molar-refractivity contribution in [1.29, 1.82) is 5.26 Å². The fourth-order valence-corrected chi connectivity index (χ4v) is 2.85. The Bertz CT molecular complexity index is 905. The third-order valence-corrected chi connectivity index (χ3v) is 4.53. The Labute approximate surface area is 145 Å². The quantitative estimate of drug-likeness (QED) is 0.853. The molecule has 0 radical (unpaired) electrons. The second-order valence-corrected chi connectivity index (χ2v) is 7.38. The summed E-state index contributed by atoms with van der Waals surface area (Å²) in [6, 6.07) is 13.6. The predicted octanol–water partition coefficient (Wildman–Crippen LogP) is 2.10. The number of anilines is 1. The van der Waals surface area contributed by atoms with E-state index in [-0.39, 0.29) is 6.54 Å². The Hall–Kier alpha value is -2.76. The van der Waals surface area contributed by atoms with Crippen molar-refractivity contribution in [2.45, 2.75) is 6.54 Å². The van der Waals surface area contributed by atoms with Crippen LogP contribution in [-0.4, -0.2) is 31.4 Å². The minimum absolute atomic E-state index is 0.0508. The molecule has 0 aliphatic carbocycles. The SMILES string of the molecule is CS(=O)(=O)N(CC(=O)Nc1cccc(C#N)c1)Cc1ccc(F)cc1. The lowest BCUT2D eigenvalue weighted by atomic mass is 10.2. The van der Waals surface area contributed by atoms with E-state index in [4.69, 9.17) is 5.26 Å². The minimum atomic E-state index is -3.65. The van der Waals surface area contributed by atoms with E-state index >= 15 is 0 Å². The van der Waals surface area contributed by atoms with Gasteiger partial charge in [0.15, 0.2) is 0 Å². The van der Waals surface area contributed by atoms with Gasteiger partial charge < -0.3 is 5.32 Å². The van der Waals surface area contributed by atoms with Crippen LogP contribution in [-0.2, 0) is 21.4 Å². The molecule has 0 fully saturated rings. The number of amides is 1. The molecule has 0 aliphatic heterocycles. The van der Waals surface area contributed by atoms with Crippen LogP contribution in [0.5, 0.6) is 0 Å². The number of carbonyl (C=O) groups excluding carboxylic acids is 1. The van der Waals surface area contributed by atoms with E-state index in [1.54, 1.807) is 18.2 Å². The van der Waals surface area contributed by atoms with E-state index in [1.165, 1.54) is 30.3 Å². The summed E-state index contributed by atoms with van der Waals surface area (Å²) in [6.07, 6.45) is 1.00. The Morgan fingerprint density at radius 2 is 1.92 bits per heavy atom. The second kappa shape index (κ2) is 7.88. The molecular formula is C17H16FN3O3S. The Balaban J connectivity index is 2.10. The third kappa shape index (κ3) is 5.67. The Kier molecular flexibility index (Phi) is 5.85. The van der Waals surface area contributed by atoms with Gasteiger partial charge in [0.2, 0.25) is 15.9 Å². The summed E-state index contributed by atoms with van der Waals surface area (Å²) in [5.41, 5.74) is 1.34. The summed E-state index contributed by atoms with van der Waals surface area (Å²) in [5.74, 6) is -0.965. The first kappa shape index (κ1) is 18.6. The zero-order valence-electron chi connectivity index (χ0n) is 13.4. The molecule has 0 saturated heterocycles. The minimum Gasteiger partial charge on any atom is -0.325 e. The van der Waals surface area contributed by atoms with Crippen LogP contribution >= 0.6 is 0 Å². The summed E-state index contributed by atoms with van der Waals surface area (Å²) < 4.78 is 37.8. The first-order chi connectivity index (χ1) is 11.8. The van der Waals surface area contributed by atoms with Gasteiger partial charge in [0.1, 0.15) is 5.82 Å². The molecule has 25 heavy (non-hydrogen) atoms. The van der Waals surface area contributed by atoms with E-state index in [0.717, 1.165) is 10.6 Å². The molecule has 0 aromatic heterocycles. The van der Waals surface area contributed by atoms with Crippen LogP contribution in [0.25, 0.3) is 0 Å². The summed E-state index contributed by atoms with van der Waals surface area (Å²) in [7, 11) is -3.65. The number of halogens is 1. The lowest BCUT2D eigenvalue weighted by molar-refractivity contribution is -0.116. The summed E-state index contributed by atoms with van der Waals surface area (Å²) in [6.45, 7) is -0.447. The molecule has 0 spiro atoms. The number of hydrogen-bond donors (Lipinski definition) is 1. The van der Waals surface area contributed by atoms with Gasteiger partial charge >= 0.3 is 0 Å². The zero-order valence-corrected chi connectivity index (χ0v) is 14.3. The molecule has 0 atom stereocenters. The van der Waals surface area contributed by atoms with Gasteiger partial charge in [-0.05, 0) is 35.9 Å². The van der Waals surface area contributed by atoms with Crippen LogP contribution in [0.15, 0.2) is 48.5 Å². The van der Waals surface area contributed by atoms with Gasteiger partial charge in [-0.15, -0.1) is 0 Å². The van der Waals surface area contributed by atoms with Crippen molar-refractivity contribution in [3.63, 3.8) is 0 Å². The average molecular weight is 361 g/mol. The highest BCUT2D eigenvalue weighted by atomic mass is 32.2. The second-order valence-electron chi connectivity index (χ2n) is 5.40. The number of nitrogens with zero attached hydrogens (tertiary/aromatic N) is 2. The molecule has 1 N–H and O–H groups in total. The van der Waals surface area contributed by atoms with Crippen LogP contribution in [0.3, 0.4) is 0 Å². The van der Waals surface area contributed by atoms with Crippen LogP contribution in [0.2, 0.25) is 0 Å². The number of nitrogens with one attached hydrogen (secondary N) is 1. The molecule has 1 amide bonds. The van der Waals surface area contributed by atoms with Crippen molar-refractivity contribution in [3.8, 4) is 6.07 Å². The first-order valence-electron chi connectivity index (χ1n) is 7.27. The molecule has 0 bridgehead atoms. The van der Waals surface area contributed by atoms with Crippen LogP contribution in [0.4, 0.5) is 10.1 Å². The lowest BCUT2D eigenvalue weighted by Crippen LogP contribution is -2.36. The molecule has 8 heteroatoms. The Morgan fingerprint density at radius 3 is 2.52 bits per heavy atom. The van der Waals surface area contributed by atoms with Gasteiger partial charge in [-0.25, -0.2) is 12.8 Å². The molecule has 6 nitrogen and oxygen atoms in total. The maximum Gasteiger partial charge on any atom is 0.239 e. The van der Waals surface area contributed by atoms with Crippen molar-refractivity contribution in [3.05, 3.63) is 65.5 Å². The number of benzene rings is 2. The molecule has 0 saturated carbocycles. The predicted molar refractivity (Wildman–Crippen MR) is 91.4 cm³/mol. The highest BCUT2D eigenvalue weighted by Gasteiger charge is 2.20. The van der Waals surface area contributed by atoms with Gasteiger partial charge in [-0.3, -0.25) is 4.79 Å². The average Bonchev–Trinajstić information content (AvgIpc) is 2.55. The summed E-state index contributed by atoms with van der Waals surface area (Å²) in [4.78, 5) is 12.2. The van der Waals surface area contributed by atoms with E-state index < -0.39 is 28.3 Å². The highest BCUT2D eigenvalue weighted by molar-refractivity contribution is 7.88. The number of hydrogen-bond acceptors (Lipinski definition) is 4. The van der Waals surface area contributed by atoms with E-state index in [0.29, 0.717) is 16.8 Å². The summed E-state index contributed by atoms with van der Waals surface area (Å²) >= 11 is 0. The maximum absolute atomic E-state index is 13.0. The van der Waals surface area contributed by atoms with Gasteiger partial charge in [0, 0.05) is 12.2 Å². The number of sulfonamides is 1. The largest absolute Gasteiger partial charge is 0.325 e. The van der Waals surface area contributed by atoms with Crippen LogP contribution in [0, 0.1) is 17.1 Å². The van der Waals surface area contributed by atoms with Crippen molar-refractivity contribution >= 4 is 21.6 Å². The topological polar surface area (TPSA) is 90.3 Å². The molecule has 0 unspecified atom stereocenters.